The zero-order valence-electron chi connectivity index (χ0n) is 17.6. The quantitative estimate of drug-likeness (QED) is 0.231. The first-order chi connectivity index (χ1) is 16.1. The minimum atomic E-state index is -1.31. The number of carbonyl (C=O) groups is 4. The highest BCUT2D eigenvalue weighted by atomic mass is 19.1. The summed E-state index contributed by atoms with van der Waals surface area (Å²) in [6.45, 7) is 0. The molecule has 1 aliphatic rings. The van der Waals surface area contributed by atoms with Crippen molar-refractivity contribution in [3.63, 3.8) is 0 Å². The molecular formula is C20H23FN8O5. The number of nitrogens with zero attached hydrogens (tertiary/aromatic N) is 1. The molecule has 2 heterocycles. The molecule has 4 atom stereocenters. The van der Waals surface area contributed by atoms with Gasteiger partial charge in [-0.1, -0.05) is 30.3 Å². The molecule has 1 aromatic heterocycles. The number of benzene rings is 1. The summed E-state index contributed by atoms with van der Waals surface area (Å²) in [4.78, 5) is 51.7. The lowest BCUT2D eigenvalue weighted by Crippen LogP contribution is -2.73. The second-order valence-corrected chi connectivity index (χ2v) is 7.36. The van der Waals surface area contributed by atoms with Crippen molar-refractivity contribution in [3.8, 4) is 0 Å². The van der Waals surface area contributed by atoms with Gasteiger partial charge in [-0.2, -0.15) is 0 Å². The zero-order chi connectivity index (χ0) is 24.8. The van der Waals surface area contributed by atoms with Gasteiger partial charge in [-0.15, -0.1) is 0 Å². The normalized spacial score (nSPS) is 20.6. The van der Waals surface area contributed by atoms with E-state index in [4.69, 9.17) is 11.5 Å². The largest absolute Gasteiger partial charge is 0.480 e. The van der Waals surface area contributed by atoms with Crippen LogP contribution in [0.2, 0.25) is 0 Å². The number of pyridine rings is 1. The van der Waals surface area contributed by atoms with Crippen molar-refractivity contribution in [2.24, 2.45) is 11.5 Å². The van der Waals surface area contributed by atoms with Crippen molar-refractivity contribution in [2.75, 3.05) is 5.32 Å². The number of hydrogen-bond donors (Lipinski definition) is 8. The molecule has 0 spiro atoms. The monoisotopic (exact) mass is 474 g/mol. The number of aromatic nitrogens is 1. The number of aliphatic carboxylic acids is 1. The molecule has 14 heteroatoms. The van der Waals surface area contributed by atoms with Crippen LogP contribution in [0.25, 0.3) is 0 Å². The van der Waals surface area contributed by atoms with Gasteiger partial charge in [-0.05, 0) is 5.56 Å². The van der Waals surface area contributed by atoms with E-state index in [1.807, 2.05) is 0 Å². The molecule has 13 nitrogen and oxygen atoms in total. The number of anilines is 1. The van der Waals surface area contributed by atoms with E-state index >= 15 is 0 Å². The van der Waals surface area contributed by atoms with Crippen molar-refractivity contribution in [1.82, 2.24) is 26.3 Å². The Morgan fingerprint density at radius 1 is 1.21 bits per heavy atom. The molecule has 180 valence electrons. The number of halogens is 1. The predicted molar refractivity (Wildman–Crippen MR) is 116 cm³/mol. The second kappa shape index (κ2) is 10.7. The maximum atomic E-state index is 14.5. The molecule has 1 aliphatic heterocycles. The number of urea groups is 1. The van der Waals surface area contributed by atoms with Crippen LogP contribution in [0.3, 0.4) is 0 Å². The Morgan fingerprint density at radius 2 is 1.91 bits per heavy atom. The van der Waals surface area contributed by atoms with Crippen LogP contribution in [0.4, 0.5) is 14.9 Å². The highest BCUT2D eigenvalue weighted by Crippen LogP contribution is 2.13. The average Bonchev–Trinajstić information content (AvgIpc) is 2.76. The van der Waals surface area contributed by atoms with Gasteiger partial charge in [-0.25, -0.2) is 19.0 Å². The van der Waals surface area contributed by atoms with E-state index in [-0.39, 0.29) is 12.1 Å². The molecule has 1 aromatic carbocycles. The van der Waals surface area contributed by atoms with Gasteiger partial charge in [0.15, 0.2) is 11.5 Å². The van der Waals surface area contributed by atoms with Crippen LogP contribution in [0, 0.1) is 5.82 Å². The van der Waals surface area contributed by atoms with Crippen LogP contribution in [-0.2, 0) is 16.0 Å². The summed E-state index contributed by atoms with van der Waals surface area (Å²) in [5, 5.41) is 21.2. The van der Waals surface area contributed by atoms with E-state index in [2.05, 4.69) is 31.6 Å². The topological polar surface area (TPSA) is 214 Å². The Kier molecular flexibility index (Phi) is 7.68. The molecule has 0 aliphatic carbocycles. The fourth-order valence-corrected chi connectivity index (χ4v) is 3.16. The minimum absolute atomic E-state index is 0.0139. The number of rotatable bonds is 7. The standard InChI is InChI=1S/C20H23FN8O5/c21-11-7-10(25-20(34)27-14-15(22)28-19(23)29-17(14)31)8-24-13(11)16(30)26-12(18(32)33)6-9-4-2-1-3-5-9/h1-5,7-8,12,14-15,19,28H,6,22-23H2,(H,26,30)(H,29,31)(H,32,33)(H2,25,27,34)/t12-,14?,15?,19?/m0/s1. The Hall–Kier alpha value is -4.14. The lowest BCUT2D eigenvalue weighted by Gasteiger charge is -2.33. The molecule has 3 rings (SSSR count). The van der Waals surface area contributed by atoms with E-state index < -0.39 is 59.9 Å². The molecule has 1 saturated heterocycles. The summed E-state index contributed by atoms with van der Waals surface area (Å²) in [6.07, 6.45) is -0.845. The minimum Gasteiger partial charge on any atom is -0.480 e. The highest BCUT2D eigenvalue weighted by molar-refractivity contribution is 5.97. The molecular weight excluding hydrogens is 451 g/mol. The van der Waals surface area contributed by atoms with Crippen LogP contribution in [-0.4, -0.2) is 58.4 Å². The van der Waals surface area contributed by atoms with Crippen LogP contribution >= 0.6 is 0 Å². The Labute approximate surface area is 192 Å². The molecule has 0 saturated carbocycles. The van der Waals surface area contributed by atoms with Crippen molar-refractivity contribution >= 4 is 29.5 Å². The lowest BCUT2D eigenvalue weighted by molar-refractivity contribution is -0.139. The van der Waals surface area contributed by atoms with Crippen molar-refractivity contribution in [1.29, 1.82) is 0 Å². The third-order valence-corrected chi connectivity index (χ3v) is 4.80. The van der Waals surface area contributed by atoms with Crippen molar-refractivity contribution in [2.45, 2.75) is 31.0 Å². The van der Waals surface area contributed by atoms with Crippen LogP contribution in [0.1, 0.15) is 16.1 Å². The summed E-state index contributed by atoms with van der Waals surface area (Å²) in [5.74, 6) is -4.05. The third-order valence-electron chi connectivity index (χ3n) is 4.80. The smallest absolute Gasteiger partial charge is 0.326 e. The number of hydrogen-bond acceptors (Lipinski definition) is 8. The number of carboxylic acid groups (broad SMARTS) is 1. The molecule has 2 aromatic rings. The van der Waals surface area contributed by atoms with Gasteiger partial charge in [0.1, 0.15) is 18.4 Å². The maximum Gasteiger partial charge on any atom is 0.326 e. The fraction of sp³-hybridized carbons (Fsp3) is 0.250. The molecule has 3 unspecified atom stereocenters. The molecule has 1 fully saturated rings. The van der Waals surface area contributed by atoms with E-state index in [1.54, 1.807) is 30.3 Å². The van der Waals surface area contributed by atoms with Crippen LogP contribution in [0.5, 0.6) is 0 Å². The van der Waals surface area contributed by atoms with Crippen LogP contribution in [0.15, 0.2) is 42.6 Å². The maximum absolute atomic E-state index is 14.5. The summed E-state index contributed by atoms with van der Waals surface area (Å²) >= 11 is 0. The Bertz CT molecular complexity index is 1090. The van der Waals surface area contributed by atoms with Crippen molar-refractivity contribution in [3.05, 3.63) is 59.7 Å². The first kappa shape index (κ1) is 24.5. The SMILES string of the molecule is NC1NC(=O)C(NC(=O)Nc2cnc(C(=O)N[C@@H](Cc3ccccc3)C(=O)O)c(F)c2)C(N)N1. The highest BCUT2D eigenvalue weighted by Gasteiger charge is 2.33. The fourth-order valence-electron chi connectivity index (χ4n) is 3.16. The molecule has 0 radical (unpaired) electrons. The van der Waals surface area contributed by atoms with Gasteiger partial charge < -0.3 is 32.1 Å². The number of amides is 4. The van der Waals surface area contributed by atoms with E-state index in [1.165, 1.54) is 0 Å². The second-order valence-electron chi connectivity index (χ2n) is 7.36. The van der Waals surface area contributed by atoms with E-state index in [0.29, 0.717) is 5.56 Å². The van der Waals surface area contributed by atoms with Gasteiger partial charge >= 0.3 is 12.0 Å². The van der Waals surface area contributed by atoms with Gasteiger partial charge in [0, 0.05) is 12.5 Å². The number of carboxylic acids is 1. The zero-order valence-corrected chi connectivity index (χ0v) is 17.6. The van der Waals surface area contributed by atoms with E-state index in [0.717, 1.165) is 12.3 Å². The van der Waals surface area contributed by atoms with Gasteiger partial charge in [0.05, 0.1) is 18.1 Å². The van der Waals surface area contributed by atoms with Gasteiger partial charge in [0.2, 0.25) is 5.91 Å². The molecule has 4 amide bonds. The van der Waals surface area contributed by atoms with Gasteiger partial charge in [0.25, 0.3) is 5.91 Å². The average molecular weight is 474 g/mol. The molecule has 34 heavy (non-hydrogen) atoms. The number of carbonyl (C=O) groups excluding carboxylic acids is 3. The summed E-state index contributed by atoms with van der Waals surface area (Å²) in [7, 11) is 0. The predicted octanol–water partition coefficient (Wildman–Crippen LogP) is -1.62. The summed E-state index contributed by atoms with van der Waals surface area (Å²) < 4.78 is 14.5. The number of nitrogens with one attached hydrogen (secondary N) is 5. The van der Waals surface area contributed by atoms with Gasteiger partial charge in [-0.3, -0.25) is 20.6 Å². The summed E-state index contributed by atoms with van der Waals surface area (Å²) in [5.41, 5.74) is 11.1. The Balaban J connectivity index is 1.62. The van der Waals surface area contributed by atoms with E-state index in [9.17, 15) is 28.7 Å². The van der Waals surface area contributed by atoms with Crippen molar-refractivity contribution < 1.29 is 28.7 Å². The summed E-state index contributed by atoms with van der Waals surface area (Å²) in [6, 6.07) is 6.06. The first-order valence-corrected chi connectivity index (χ1v) is 10.0. The van der Waals surface area contributed by atoms with Crippen LogP contribution < -0.4 is 38.1 Å². The first-order valence-electron chi connectivity index (χ1n) is 10.0. The molecule has 10 N–H and O–H groups in total. The molecule has 0 bridgehead atoms. The Morgan fingerprint density at radius 3 is 2.53 bits per heavy atom. The lowest BCUT2D eigenvalue weighted by atomic mass is 10.1. The number of nitrogens with two attached hydrogens (primary N) is 2. The third kappa shape index (κ3) is 6.22.